The molecule has 0 spiro atoms. The Morgan fingerprint density at radius 3 is 2.52 bits per heavy atom. The highest BCUT2D eigenvalue weighted by Crippen LogP contribution is 2.35. The van der Waals surface area contributed by atoms with Crippen molar-refractivity contribution in [3.8, 4) is 17.0 Å². The van der Waals surface area contributed by atoms with Gasteiger partial charge in [0.1, 0.15) is 12.4 Å². The molecular formula is C19H17ClF3N3O. The minimum absolute atomic E-state index is 0.00203. The van der Waals surface area contributed by atoms with Gasteiger partial charge in [0, 0.05) is 18.3 Å². The second-order valence-corrected chi connectivity index (χ2v) is 6.56. The van der Waals surface area contributed by atoms with E-state index in [1.807, 2.05) is 6.92 Å². The smallest absolute Gasteiger partial charge is 0.417 e. The van der Waals surface area contributed by atoms with Gasteiger partial charge in [-0.1, -0.05) is 18.2 Å². The van der Waals surface area contributed by atoms with Crippen molar-refractivity contribution in [3.05, 3.63) is 65.0 Å². The normalized spacial score (nSPS) is 11.8. The molecule has 2 heterocycles. The summed E-state index contributed by atoms with van der Waals surface area (Å²) in [6, 6.07) is 7.92. The third-order valence-corrected chi connectivity index (χ3v) is 4.19. The number of nitrogens with two attached hydrogens (primary N) is 1. The average Bonchev–Trinajstić information content (AvgIpc) is 2.98. The Balaban J connectivity index is 2.07. The molecule has 0 aliphatic rings. The van der Waals surface area contributed by atoms with Crippen LogP contribution in [-0.2, 0) is 12.7 Å². The van der Waals surface area contributed by atoms with E-state index in [2.05, 4.69) is 11.6 Å². The largest absolute Gasteiger partial charge is 0.489 e. The summed E-state index contributed by atoms with van der Waals surface area (Å²) < 4.78 is 46.1. The van der Waals surface area contributed by atoms with Crippen molar-refractivity contribution in [2.75, 3.05) is 6.61 Å². The molecule has 2 aromatic heterocycles. The van der Waals surface area contributed by atoms with Crippen LogP contribution >= 0.6 is 11.6 Å². The van der Waals surface area contributed by atoms with Crippen LogP contribution in [-0.4, -0.2) is 16.0 Å². The van der Waals surface area contributed by atoms with Gasteiger partial charge in [0.15, 0.2) is 5.65 Å². The zero-order chi connectivity index (χ0) is 19.8. The molecule has 0 amide bonds. The van der Waals surface area contributed by atoms with Crippen LogP contribution in [0.4, 0.5) is 13.2 Å². The van der Waals surface area contributed by atoms with Crippen LogP contribution in [0.25, 0.3) is 16.9 Å². The molecule has 3 aromatic rings. The predicted octanol–water partition coefficient (Wildman–Crippen LogP) is 5.09. The van der Waals surface area contributed by atoms with Crippen molar-refractivity contribution >= 4 is 17.2 Å². The Bertz CT molecular complexity index is 994. The van der Waals surface area contributed by atoms with Crippen molar-refractivity contribution in [1.82, 2.24) is 9.38 Å². The lowest BCUT2D eigenvalue weighted by Gasteiger charge is -2.09. The second-order valence-electron chi connectivity index (χ2n) is 6.15. The maximum Gasteiger partial charge on any atom is 0.417 e. The van der Waals surface area contributed by atoms with E-state index in [0.29, 0.717) is 29.3 Å². The predicted molar refractivity (Wildman–Crippen MR) is 98.8 cm³/mol. The van der Waals surface area contributed by atoms with Crippen molar-refractivity contribution in [3.63, 3.8) is 0 Å². The van der Waals surface area contributed by atoms with Gasteiger partial charge in [0.25, 0.3) is 0 Å². The quantitative estimate of drug-likeness (QED) is 0.612. The number of pyridine rings is 1. The molecule has 1 aromatic carbocycles. The van der Waals surface area contributed by atoms with Gasteiger partial charge >= 0.3 is 6.18 Å². The summed E-state index contributed by atoms with van der Waals surface area (Å²) >= 11 is 6.04. The standard InChI is InChI=1S/C19H17ClF3N3O/c1-11(2)10-27-14-5-3-12(4-6-14)17-16(8-24)26-9-13(19(21,22)23)7-15(20)18(26)25-17/h3-7,9H,1,8,10,24H2,2H3. The van der Waals surface area contributed by atoms with Crippen LogP contribution < -0.4 is 10.5 Å². The van der Waals surface area contributed by atoms with E-state index >= 15 is 0 Å². The molecule has 0 radical (unpaired) electrons. The lowest BCUT2D eigenvalue weighted by Crippen LogP contribution is -2.09. The molecule has 0 aliphatic heterocycles. The van der Waals surface area contributed by atoms with E-state index in [1.165, 1.54) is 4.40 Å². The third-order valence-electron chi connectivity index (χ3n) is 3.91. The molecule has 0 bridgehead atoms. The molecule has 0 saturated heterocycles. The number of fused-ring (bicyclic) bond motifs is 1. The number of ether oxygens (including phenoxy) is 1. The van der Waals surface area contributed by atoms with Gasteiger partial charge in [0.05, 0.1) is 22.0 Å². The van der Waals surface area contributed by atoms with Crippen molar-refractivity contribution in [1.29, 1.82) is 0 Å². The van der Waals surface area contributed by atoms with Crippen LogP contribution in [0.5, 0.6) is 5.75 Å². The minimum Gasteiger partial charge on any atom is -0.489 e. The van der Waals surface area contributed by atoms with E-state index < -0.39 is 11.7 Å². The maximum absolute atomic E-state index is 13.1. The van der Waals surface area contributed by atoms with E-state index in [-0.39, 0.29) is 17.2 Å². The van der Waals surface area contributed by atoms with Crippen LogP contribution in [0.15, 0.2) is 48.7 Å². The minimum atomic E-state index is -4.52. The first-order valence-corrected chi connectivity index (χ1v) is 8.44. The number of halogens is 4. The highest BCUT2D eigenvalue weighted by atomic mass is 35.5. The fraction of sp³-hybridized carbons (Fsp3) is 0.211. The van der Waals surface area contributed by atoms with Crippen LogP contribution in [0.1, 0.15) is 18.2 Å². The number of hydrogen-bond donors (Lipinski definition) is 1. The van der Waals surface area contributed by atoms with Crippen LogP contribution in [0, 0.1) is 0 Å². The molecule has 0 atom stereocenters. The maximum atomic E-state index is 13.1. The van der Waals surface area contributed by atoms with Crippen molar-refractivity contribution in [2.45, 2.75) is 19.6 Å². The SMILES string of the molecule is C=C(C)COc1ccc(-c2nc3c(Cl)cc(C(F)(F)F)cn3c2CN)cc1. The molecule has 27 heavy (non-hydrogen) atoms. The number of nitrogens with zero attached hydrogens (tertiary/aromatic N) is 2. The van der Waals surface area contributed by atoms with Gasteiger partial charge in [-0.2, -0.15) is 13.2 Å². The van der Waals surface area contributed by atoms with Gasteiger partial charge < -0.3 is 14.9 Å². The Labute approximate surface area is 159 Å². The van der Waals surface area contributed by atoms with Gasteiger partial charge in [0.2, 0.25) is 0 Å². The lowest BCUT2D eigenvalue weighted by molar-refractivity contribution is -0.137. The van der Waals surface area contributed by atoms with Gasteiger partial charge in [-0.3, -0.25) is 0 Å². The summed E-state index contributed by atoms with van der Waals surface area (Å²) in [6.45, 7) is 6.03. The molecule has 0 fully saturated rings. The summed E-state index contributed by atoms with van der Waals surface area (Å²) in [5.74, 6) is 0.650. The summed E-state index contributed by atoms with van der Waals surface area (Å²) in [5.41, 5.74) is 7.67. The molecule has 8 heteroatoms. The van der Waals surface area contributed by atoms with E-state index in [0.717, 1.165) is 17.8 Å². The molecule has 142 valence electrons. The Morgan fingerprint density at radius 1 is 1.30 bits per heavy atom. The fourth-order valence-electron chi connectivity index (χ4n) is 2.65. The van der Waals surface area contributed by atoms with Crippen LogP contribution in [0.2, 0.25) is 5.02 Å². The monoisotopic (exact) mass is 395 g/mol. The highest BCUT2D eigenvalue weighted by Gasteiger charge is 2.32. The molecular weight excluding hydrogens is 379 g/mol. The summed E-state index contributed by atoms with van der Waals surface area (Å²) in [4.78, 5) is 4.41. The number of imidazole rings is 1. The van der Waals surface area contributed by atoms with Gasteiger partial charge in [-0.15, -0.1) is 0 Å². The summed E-state index contributed by atoms with van der Waals surface area (Å²) in [7, 11) is 0. The molecule has 0 saturated carbocycles. The van der Waals surface area contributed by atoms with E-state index in [1.54, 1.807) is 24.3 Å². The number of benzene rings is 1. The Kier molecular flexibility index (Phi) is 5.17. The second kappa shape index (κ2) is 7.25. The first-order chi connectivity index (χ1) is 12.7. The molecule has 3 rings (SSSR count). The average molecular weight is 396 g/mol. The number of alkyl halides is 3. The number of rotatable bonds is 5. The zero-order valence-corrected chi connectivity index (χ0v) is 15.2. The molecule has 4 nitrogen and oxygen atoms in total. The molecule has 0 unspecified atom stereocenters. The third kappa shape index (κ3) is 3.94. The van der Waals surface area contributed by atoms with Crippen molar-refractivity contribution in [2.24, 2.45) is 5.73 Å². The first-order valence-electron chi connectivity index (χ1n) is 8.06. The topological polar surface area (TPSA) is 52.5 Å². The Morgan fingerprint density at radius 2 is 1.96 bits per heavy atom. The number of aromatic nitrogens is 2. The van der Waals surface area contributed by atoms with E-state index in [4.69, 9.17) is 22.1 Å². The van der Waals surface area contributed by atoms with Crippen molar-refractivity contribution < 1.29 is 17.9 Å². The first kappa shape index (κ1) is 19.3. The zero-order valence-electron chi connectivity index (χ0n) is 14.5. The van der Waals surface area contributed by atoms with E-state index in [9.17, 15) is 13.2 Å². The fourth-order valence-corrected chi connectivity index (χ4v) is 2.90. The highest BCUT2D eigenvalue weighted by molar-refractivity contribution is 6.33. The van der Waals surface area contributed by atoms with Gasteiger partial charge in [-0.05, 0) is 42.8 Å². The summed E-state index contributed by atoms with van der Waals surface area (Å²) in [5, 5.41) is -0.0906. The lowest BCUT2D eigenvalue weighted by atomic mass is 10.1. The number of hydrogen-bond acceptors (Lipinski definition) is 3. The summed E-state index contributed by atoms with van der Waals surface area (Å²) in [6.07, 6.45) is -3.55. The molecule has 0 aliphatic carbocycles. The van der Waals surface area contributed by atoms with Gasteiger partial charge in [-0.25, -0.2) is 4.98 Å². The Hall–Kier alpha value is -2.51. The van der Waals surface area contributed by atoms with Crippen LogP contribution in [0.3, 0.4) is 0 Å². The molecule has 2 N–H and O–H groups in total.